The molecule has 0 saturated carbocycles. The Balaban J connectivity index is 3.32. The predicted molar refractivity (Wildman–Crippen MR) is 44.3 cm³/mol. The average molecular weight is 189 g/mol. The van der Waals surface area contributed by atoms with Crippen LogP contribution in [0.5, 0.6) is 0 Å². The number of nitrogens with two attached hydrogens (primary N) is 2. The van der Waals surface area contributed by atoms with Gasteiger partial charge in [-0.1, -0.05) is 0 Å². The van der Waals surface area contributed by atoms with Gasteiger partial charge in [0, 0.05) is 18.3 Å². The standard InChI is InChI=1S/C7H9F2N3O/c8-6(9)5-4(13)1-3(2-10)12-7(5)11/h1,6H,2,10H2,(H3,11,12,13). The number of H-pyrrole nitrogens is 1. The minimum absolute atomic E-state index is 0.0585. The van der Waals surface area contributed by atoms with Crippen LogP contribution in [0.1, 0.15) is 17.7 Å². The van der Waals surface area contributed by atoms with Crippen LogP contribution in [0.15, 0.2) is 10.9 Å². The molecule has 1 heterocycles. The lowest BCUT2D eigenvalue weighted by molar-refractivity contribution is 0.150. The van der Waals surface area contributed by atoms with Gasteiger partial charge in [-0.3, -0.25) is 4.79 Å². The highest BCUT2D eigenvalue weighted by atomic mass is 19.3. The van der Waals surface area contributed by atoms with Gasteiger partial charge in [0.2, 0.25) is 0 Å². The van der Waals surface area contributed by atoms with E-state index in [4.69, 9.17) is 11.5 Å². The Morgan fingerprint density at radius 2 is 2.15 bits per heavy atom. The van der Waals surface area contributed by atoms with Crippen molar-refractivity contribution >= 4 is 5.82 Å². The number of pyridine rings is 1. The van der Waals surface area contributed by atoms with Crippen molar-refractivity contribution in [1.29, 1.82) is 0 Å². The summed E-state index contributed by atoms with van der Waals surface area (Å²) in [7, 11) is 0. The van der Waals surface area contributed by atoms with Crippen molar-refractivity contribution in [3.63, 3.8) is 0 Å². The van der Waals surface area contributed by atoms with E-state index in [0.717, 1.165) is 6.07 Å². The van der Waals surface area contributed by atoms with Crippen LogP contribution in [0.3, 0.4) is 0 Å². The average Bonchev–Trinajstić information content (AvgIpc) is 2.02. The van der Waals surface area contributed by atoms with Gasteiger partial charge in [-0.2, -0.15) is 0 Å². The second-order valence-electron chi connectivity index (χ2n) is 2.49. The van der Waals surface area contributed by atoms with Crippen LogP contribution in [0.4, 0.5) is 14.6 Å². The minimum atomic E-state index is -2.87. The van der Waals surface area contributed by atoms with Crippen molar-refractivity contribution in [1.82, 2.24) is 4.98 Å². The number of anilines is 1. The maximum Gasteiger partial charge on any atom is 0.271 e. The quantitative estimate of drug-likeness (QED) is 0.627. The molecule has 0 amide bonds. The van der Waals surface area contributed by atoms with Crippen LogP contribution in [0, 0.1) is 0 Å². The van der Waals surface area contributed by atoms with Crippen molar-refractivity contribution in [2.45, 2.75) is 13.0 Å². The zero-order valence-electron chi connectivity index (χ0n) is 6.68. The van der Waals surface area contributed by atoms with Gasteiger partial charge in [-0.25, -0.2) is 8.78 Å². The van der Waals surface area contributed by atoms with Gasteiger partial charge in [0.05, 0.1) is 0 Å². The molecule has 0 spiro atoms. The molecule has 0 aliphatic carbocycles. The van der Waals surface area contributed by atoms with Gasteiger partial charge in [0.25, 0.3) is 6.43 Å². The number of aromatic amines is 1. The molecule has 1 aromatic heterocycles. The third-order valence-corrected chi connectivity index (χ3v) is 1.59. The van der Waals surface area contributed by atoms with Gasteiger partial charge in [0.15, 0.2) is 5.43 Å². The zero-order valence-corrected chi connectivity index (χ0v) is 6.68. The van der Waals surface area contributed by atoms with E-state index in [1.54, 1.807) is 0 Å². The maximum atomic E-state index is 12.2. The molecule has 1 rings (SSSR count). The minimum Gasteiger partial charge on any atom is -0.385 e. The fourth-order valence-corrected chi connectivity index (χ4v) is 0.980. The first kappa shape index (κ1) is 9.66. The van der Waals surface area contributed by atoms with E-state index in [2.05, 4.69) is 4.98 Å². The molecule has 0 aliphatic rings. The number of alkyl halides is 2. The summed E-state index contributed by atoms with van der Waals surface area (Å²) in [6, 6.07) is 1.03. The number of nitrogen functional groups attached to an aromatic ring is 1. The third kappa shape index (κ3) is 1.83. The first-order valence-corrected chi connectivity index (χ1v) is 3.56. The topological polar surface area (TPSA) is 84.9 Å². The molecule has 0 aliphatic heterocycles. The van der Waals surface area contributed by atoms with Crippen LogP contribution in [-0.2, 0) is 6.54 Å². The van der Waals surface area contributed by atoms with Crippen LogP contribution in [0.25, 0.3) is 0 Å². The molecular formula is C7H9F2N3O. The van der Waals surface area contributed by atoms with E-state index in [1.165, 1.54) is 0 Å². The second-order valence-corrected chi connectivity index (χ2v) is 2.49. The Bertz CT molecular complexity index is 361. The first-order valence-electron chi connectivity index (χ1n) is 3.56. The Morgan fingerprint density at radius 1 is 1.54 bits per heavy atom. The lowest BCUT2D eigenvalue weighted by Crippen LogP contribution is -2.16. The number of halogens is 2. The van der Waals surface area contributed by atoms with Crippen LogP contribution < -0.4 is 16.9 Å². The van der Waals surface area contributed by atoms with Crippen molar-refractivity contribution in [2.75, 3.05) is 5.73 Å². The molecule has 13 heavy (non-hydrogen) atoms. The SMILES string of the molecule is NCc1cc(=O)c(C(F)F)c(N)[nH]1. The van der Waals surface area contributed by atoms with Crippen molar-refractivity contribution in [3.05, 3.63) is 27.5 Å². The highest BCUT2D eigenvalue weighted by Crippen LogP contribution is 2.19. The number of rotatable bonds is 2. The van der Waals surface area contributed by atoms with Crippen molar-refractivity contribution in [2.24, 2.45) is 5.73 Å². The van der Waals surface area contributed by atoms with Gasteiger partial charge in [0.1, 0.15) is 11.4 Å². The molecule has 0 fully saturated rings. The largest absolute Gasteiger partial charge is 0.385 e. The van der Waals surface area contributed by atoms with Crippen molar-refractivity contribution < 1.29 is 8.78 Å². The highest BCUT2D eigenvalue weighted by molar-refractivity contribution is 5.41. The highest BCUT2D eigenvalue weighted by Gasteiger charge is 2.16. The summed E-state index contributed by atoms with van der Waals surface area (Å²) in [4.78, 5) is 13.4. The molecule has 0 bridgehead atoms. The molecule has 6 heteroatoms. The predicted octanol–water partition coefficient (Wildman–Crippen LogP) is 0.353. The Kier molecular flexibility index (Phi) is 2.62. The monoisotopic (exact) mass is 189 g/mol. The van der Waals surface area contributed by atoms with Crippen molar-refractivity contribution in [3.8, 4) is 0 Å². The van der Waals surface area contributed by atoms with E-state index in [-0.39, 0.29) is 12.4 Å². The molecule has 72 valence electrons. The number of hydrogen-bond acceptors (Lipinski definition) is 3. The van der Waals surface area contributed by atoms with E-state index in [1.807, 2.05) is 0 Å². The van der Waals surface area contributed by atoms with Crippen LogP contribution >= 0.6 is 0 Å². The summed E-state index contributed by atoms with van der Waals surface area (Å²) in [5, 5.41) is 0. The summed E-state index contributed by atoms with van der Waals surface area (Å²) in [5.41, 5.74) is 9.27. The molecule has 5 N–H and O–H groups in total. The van der Waals surface area contributed by atoms with E-state index in [0.29, 0.717) is 5.69 Å². The molecule has 0 radical (unpaired) electrons. The maximum absolute atomic E-state index is 12.2. The Labute approximate surface area is 72.6 Å². The summed E-state index contributed by atoms with van der Waals surface area (Å²) < 4.78 is 24.4. The molecule has 0 aromatic carbocycles. The fraction of sp³-hybridized carbons (Fsp3) is 0.286. The zero-order chi connectivity index (χ0) is 10.0. The number of hydrogen-bond donors (Lipinski definition) is 3. The summed E-state index contributed by atoms with van der Waals surface area (Å²) in [5.74, 6) is -0.317. The summed E-state index contributed by atoms with van der Waals surface area (Å²) in [6.07, 6.45) is -2.87. The molecule has 0 unspecified atom stereocenters. The lowest BCUT2D eigenvalue weighted by atomic mass is 10.2. The lowest BCUT2D eigenvalue weighted by Gasteiger charge is -2.05. The number of aromatic nitrogens is 1. The molecule has 0 atom stereocenters. The summed E-state index contributed by atoms with van der Waals surface area (Å²) >= 11 is 0. The number of nitrogens with one attached hydrogen (secondary N) is 1. The Hall–Kier alpha value is -1.43. The first-order chi connectivity index (χ1) is 6.06. The van der Waals surface area contributed by atoms with Gasteiger partial charge < -0.3 is 16.5 Å². The van der Waals surface area contributed by atoms with Gasteiger partial charge in [-0.15, -0.1) is 0 Å². The molecule has 0 saturated heterocycles. The summed E-state index contributed by atoms with van der Waals surface area (Å²) in [6.45, 7) is 0.0585. The molecular weight excluding hydrogens is 180 g/mol. The third-order valence-electron chi connectivity index (χ3n) is 1.59. The Morgan fingerprint density at radius 3 is 2.54 bits per heavy atom. The van der Waals surface area contributed by atoms with E-state index >= 15 is 0 Å². The van der Waals surface area contributed by atoms with E-state index in [9.17, 15) is 13.6 Å². The molecule has 1 aromatic rings. The smallest absolute Gasteiger partial charge is 0.271 e. The van der Waals surface area contributed by atoms with Crippen LogP contribution in [-0.4, -0.2) is 4.98 Å². The second kappa shape index (κ2) is 3.53. The van der Waals surface area contributed by atoms with Gasteiger partial charge in [-0.05, 0) is 0 Å². The normalized spacial score (nSPS) is 10.8. The van der Waals surface area contributed by atoms with Gasteiger partial charge >= 0.3 is 0 Å². The van der Waals surface area contributed by atoms with Crippen LogP contribution in [0.2, 0.25) is 0 Å². The van der Waals surface area contributed by atoms with E-state index < -0.39 is 17.4 Å². The molecule has 4 nitrogen and oxygen atoms in total. The fourth-order valence-electron chi connectivity index (χ4n) is 0.980.